The van der Waals surface area contributed by atoms with Crippen LogP contribution < -0.4 is 0 Å². The van der Waals surface area contributed by atoms with Gasteiger partial charge in [-0.15, -0.1) is 0 Å². The molecule has 0 fully saturated rings. The molecule has 1 N–H and O–H groups in total. The molecule has 0 atom stereocenters. The van der Waals surface area contributed by atoms with E-state index in [1.807, 2.05) is 12.3 Å². The number of H-pyrrole nitrogens is 1. The lowest BCUT2D eigenvalue weighted by atomic mass is 9.97. The molecule has 88 valence electrons. The number of hydrogen-bond acceptors (Lipinski definition) is 1. The number of benzene rings is 2. The van der Waals surface area contributed by atoms with Gasteiger partial charge in [0.1, 0.15) is 5.82 Å². The number of imidazole rings is 1. The number of nitrogens with one attached hydrogen (secondary N) is 1. The van der Waals surface area contributed by atoms with Crippen LogP contribution in [0.25, 0.3) is 22.5 Å². The topological polar surface area (TPSA) is 28.7 Å². The van der Waals surface area contributed by atoms with E-state index in [-0.39, 0.29) is 0 Å². The predicted molar refractivity (Wildman–Crippen MR) is 74.2 cm³/mol. The Hall–Kier alpha value is -2.35. The third-order valence-corrected chi connectivity index (χ3v) is 3.01. The van der Waals surface area contributed by atoms with Crippen molar-refractivity contribution in [2.75, 3.05) is 0 Å². The average molecular weight is 234 g/mol. The highest BCUT2D eigenvalue weighted by atomic mass is 14.9. The third-order valence-electron chi connectivity index (χ3n) is 3.01. The standard InChI is InChI=1S/C16H14N2/c1-12-7-8-14(13-5-3-2-4-6-13)15(11-12)16-17-9-10-18-16/h2-11H,1H3,(H,17,18). The van der Waals surface area contributed by atoms with Gasteiger partial charge in [0, 0.05) is 18.0 Å². The van der Waals surface area contributed by atoms with E-state index in [0.717, 1.165) is 11.4 Å². The van der Waals surface area contributed by atoms with Gasteiger partial charge < -0.3 is 4.98 Å². The molecule has 1 aromatic heterocycles. The molecule has 0 aliphatic heterocycles. The Bertz CT molecular complexity index is 640. The first kappa shape index (κ1) is 10.8. The molecule has 1 heterocycles. The zero-order valence-electron chi connectivity index (χ0n) is 10.2. The van der Waals surface area contributed by atoms with Gasteiger partial charge in [0.15, 0.2) is 0 Å². The van der Waals surface area contributed by atoms with Gasteiger partial charge >= 0.3 is 0 Å². The zero-order chi connectivity index (χ0) is 12.4. The van der Waals surface area contributed by atoms with Crippen LogP contribution in [-0.2, 0) is 0 Å². The second kappa shape index (κ2) is 4.49. The van der Waals surface area contributed by atoms with E-state index >= 15 is 0 Å². The number of aryl methyl sites for hydroxylation is 1. The van der Waals surface area contributed by atoms with Crippen LogP contribution in [0.5, 0.6) is 0 Å². The third kappa shape index (κ3) is 1.93. The number of aromatic nitrogens is 2. The molecule has 0 aliphatic rings. The molecule has 2 aromatic carbocycles. The van der Waals surface area contributed by atoms with Crippen LogP contribution in [0.2, 0.25) is 0 Å². The first-order valence-electron chi connectivity index (χ1n) is 6.00. The molecule has 0 saturated heterocycles. The van der Waals surface area contributed by atoms with Crippen LogP contribution in [0.3, 0.4) is 0 Å². The van der Waals surface area contributed by atoms with E-state index in [9.17, 15) is 0 Å². The van der Waals surface area contributed by atoms with Gasteiger partial charge in [0.05, 0.1) is 0 Å². The molecule has 0 spiro atoms. The maximum absolute atomic E-state index is 4.36. The number of hydrogen-bond donors (Lipinski definition) is 1. The molecular weight excluding hydrogens is 220 g/mol. The Morgan fingerprint density at radius 2 is 1.78 bits per heavy atom. The summed E-state index contributed by atoms with van der Waals surface area (Å²) >= 11 is 0. The quantitative estimate of drug-likeness (QED) is 0.712. The average Bonchev–Trinajstić information content (AvgIpc) is 2.93. The number of aromatic amines is 1. The van der Waals surface area contributed by atoms with Gasteiger partial charge in [-0.05, 0) is 24.1 Å². The van der Waals surface area contributed by atoms with Gasteiger partial charge in [-0.2, -0.15) is 0 Å². The fourth-order valence-corrected chi connectivity index (χ4v) is 2.14. The van der Waals surface area contributed by atoms with Crippen LogP contribution in [-0.4, -0.2) is 9.97 Å². The van der Waals surface area contributed by atoms with Gasteiger partial charge in [-0.1, -0.05) is 48.0 Å². The lowest BCUT2D eigenvalue weighted by Gasteiger charge is -2.09. The van der Waals surface area contributed by atoms with Crippen molar-refractivity contribution in [3.05, 3.63) is 66.5 Å². The Kier molecular flexibility index (Phi) is 2.69. The Morgan fingerprint density at radius 1 is 0.944 bits per heavy atom. The van der Waals surface area contributed by atoms with Gasteiger partial charge in [0.2, 0.25) is 0 Å². The van der Waals surface area contributed by atoms with Crippen molar-refractivity contribution in [2.24, 2.45) is 0 Å². The maximum Gasteiger partial charge on any atom is 0.137 e. The summed E-state index contributed by atoms with van der Waals surface area (Å²) in [5.74, 6) is 0.914. The first-order chi connectivity index (χ1) is 8.84. The molecule has 0 saturated carbocycles. The van der Waals surface area contributed by atoms with Crippen molar-refractivity contribution in [3.8, 4) is 22.5 Å². The maximum atomic E-state index is 4.36. The largest absolute Gasteiger partial charge is 0.345 e. The Morgan fingerprint density at radius 3 is 2.50 bits per heavy atom. The summed E-state index contributed by atoms with van der Waals surface area (Å²) in [6.45, 7) is 2.10. The van der Waals surface area contributed by atoms with E-state index in [1.54, 1.807) is 6.20 Å². The normalized spacial score (nSPS) is 10.5. The molecule has 2 heteroatoms. The predicted octanol–water partition coefficient (Wildman–Crippen LogP) is 4.05. The van der Waals surface area contributed by atoms with Crippen LogP contribution in [0, 0.1) is 6.92 Å². The number of rotatable bonds is 2. The van der Waals surface area contributed by atoms with Crippen molar-refractivity contribution in [3.63, 3.8) is 0 Å². The van der Waals surface area contributed by atoms with Crippen LogP contribution in [0.4, 0.5) is 0 Å². The summed E-state index contributed by atoms with van der Waals surface area (Å²) < 4.78 is 0. The smallest absolute Gasteiger partial charge is 0.137 e. The summed E-state index contributed by atoms with van der Waals surface area (Å²) in [5.41, 5.74) is 4.80. The second-order valence-corrected chi connectivity index (χ2v) is 4.35. The molecule has 3 aromatic rings. The molecule has 18 heavy (non-hydrogen) atoms. The molecular formula is C16H14N2. The first-order valence-corrected chi connectivity index (χ1v) is 6.00. The van der Waals surface area contributed by atoms with E-state index in [4.69, 9.17) is 0 Å². The fraction of sp³-hybridized carbons (Fsp3) is 0.0625. The molecule has 0 aliphatic carbocycles. The summed E-state index contributed by atoms with van der Waals surface area (Å²) in [4.78, 5) is 7.54. The SMILES string of the molecule is Cc1ccc(-c2ccccc2)c(-c2ncc[nH]2)c1. The molecule has 3 rings (SSSR count). The Labute approximate surface area is 106 Å². The van der Waals surface area contributed by atoms with Crippen molar-refractivity contribution >= 4 is 0 Å². The number of nitrogens with zero attached hydrogens (tertiary/aromatic N) is 1. The minimum atomic E-state index is 0.914. The molecule has 0 radical (unpaired) electrons. The van der Waals surface area contributed by atoms with Crippen LogP contribution >= 0.6 is 0 Å². The summed E-state index contributed by atoms with van der Waals surface area (Å²) in [7, 11) is 0. The lowest BCUT2D eigenvalue weighted by Crippen LogP contribution is -1.88. The minimum absolute atomic E-state index is 0.914. The summed E-state index contributed by atoms with van der Waals surface area (Å²) in [6, 6.07) is 16.8. The highest BCUT2D eigenvalue weighted by Crippen LogP contribution is 2.30. The van der Waals surface area contributed by atoms with Crippen LogP contribution in [0.15, 0.2) is 60.9 Å². The molecule has 0 amide bonds. The lowest BCUT2D eigenvalue weighted by molar-refractivity contribution is 1.30. The minimum Gasteiger partial charge on any atom is -0.345 e. The van der Waals surface area contributed by atoms with Gasteiger partial charge in [0.25, 0.3) is 0 Å². The van der Waals surface area contributed by atoms with Crippen molar-refractivity contribution in [2.45, 2.75) is 6.92 Å². The Balaban J connectivity index is 2.21. The zero-order valence-corrected chi connectivity index (χ0v) is 10.2. The summed E-state index contributed by atoms with van der Waals surface area (Å²) in [5, 5.41) is 0. The molecule has 2 nitrogen and oxygen atoms in total. The van der Waals surface area contributed by atoms with Crippen molar-refractivity contribution in [1.29, 1.82) is 0 Å². The van der Waals surface area contributed by atoms with E-state index in [1.165, 1.54) is 16.7 Å². The van der Waals surface area contributed by atoms with E-state index < -0.39 is 0 Å². The van der Waals surface area contributed by atoms with Crippen LogP contribution in [0.1, 0.15) is 5.56 Å². The van der Waals surface area contributed by atoms with E-state index in [2.05, 4.69) is 59.4 Å². The highest BCUT2D eigenvalue weighted by Gasteiger charge is 2.08. The molecule has 0 unspecified atom stereocenters. The molecule has 0 bridgehead atoms. The second-order valence-electron chi connectivity index (χ2n) is 4.35. The highest BCUT2D eigenvalue weighted by molar-refractivity contribution is 5.80. The van der Waals surface area contributed by atoms with E-state index in [0.29, 0.717) is 0 Å². The van der Waals surface area contributed by atoms with Crippen molar-refractivity contribution in [1.82, 2.24) is 9.97 Å². The monoisotopic (exact) mass is 234 g/mol. The van der Waals surface area contributed by atoms with Gasteiger partial charge in [-0.25, -0.2) is 4.98 Å². The van der Waals surface area contributed by atoms with Gasteiger partial charge in [-0.3, -0.25) is 0 Å². The fourth-order valence-electron chi connectivity index (χ4n) is 2.14. The van der Waals surface area contributed by atoms with Crippen molar-refractivity contribution < 1.29 is 0 Å². The summed E-state index contributed by atoms with van der Waals surface area (Å²) in [6.07, 6.45) is 3.64.